The van der Waals surface area contributed by atoms with E-state index in [4.69, 9.17) is 5.73 Å². The molecule has 1 fully saturated rings. The molecular weight excluding hydrogens is 260 g/mol. The summed E-state index contributed by atoms with van der Waals surface area (Å²) in [6.07, 6.45) is 3.76. The van der Waals surface area contributed by atoms with Gasteiger partial charge in [-0.15, -0.1) is 0 Å². The number of hydrogen-bond donors (Lipinski definition) is 1. The maximum absolute atomic E-state index is 12.7. The van der Waals surface area contributed by atoms with Crippen LogP contribution in [0.25, 0.3) is 0 Å². The molecule has 0 aromatic heterocycles. The number of aryl methyl sites for hydroxylation is 1. The Kier molecular flexibility index (Phi) is 4.60. The Hall–Kier alpha value is -0.910. The molecule has 2 N–H and O–H groups in total. The Labute approximate surface area is 115 Å². The standard InChI is InChI=1S/C14H22N2O2S/c1-12-6-8-14(9-7-12)19(17,18)16(11-3-10-15)13-4-2-5-13/h6-9,13H,2-5,10-11,15H2,1H3. The molecule has 0 spiro atoms. The van der Waals surface area contributed by atoms with E-state index in [1.54, 1.807) is 16.4 Å². The van der Waals surface area contributed by atoms with Crippen LogP contribution in [0, 0.1) is 6.92 Å². The van der Waals surface area contributed by atoms with Crippen LogP contribution in [0.1, 0.15) is 31.2 Å². The second-order valence-corrected chi connectivity index (χ2v) is 7.05. The summed E-state index contributed by atoms with van der Waals surface area (Å²) in [4.78, 5) is 0.391. The van der Waals surface area contributed by atoms with Crippen LogP contribution in [0.5, 0.6) is 0 Å². The Bertz CT molecular complexity index is 507. The molecule has 2 rings (SSSR count). The summed E-state index contributed by atoms with van der Waals surface area (Å²) in [5.74, 6) is 0. The Morgan fingerprint density at radius 2 is 1.89 bits per heavy atom. The van der Waals surface area contributed by atoms with Gasteiger partial charge in [-0.05, 0) is 44.9 Å². The average molecular weight is 282 g/mol. The maximum atomic E-state index is 12.7. The first-order chi connectivity index (χ1) is 9.05. The monoisotopic (exact) mass is 282 g/mol. The van der Waals surface area contributed by atoms with Gasteiger partial charge in [0.15, 0.2) is 0 Å². The third-order valence-corrected chi connectivity index (χ3v) is 5.66. The summed E-state index contributed by atoms with van der Waals surface area (Å²) in [5, 5.41) is 0. The Morgan fingerprint density at radius 1 is 1.26 bits per heavy atom. The van der Waals surface area contributed by atoms with Crippen molar-refractivity contribution in [2.75, 3.05) is 13.1 Å². The van der Waals surface area contributed by atoms with Crippen LogP contribution in [0.2, 0.25) is 0 Å². The minimum Gasteiger partial charge on any atom is -0.330 e. The highest BCUT2D eigenvalue weighted by atomic mass is 32.2. The number of sulfonamides is 1. The molecule has 1 aromatic rings. The largest absolute Gasteiger partial charge is 0.330 e. The summed E-state index contributed by atoms with van der Waals surface area (Å²) in [6.45, 7) is 3.00. The third-order valence-electron chi connectivity index (χ3n) is 3.69. The van der Waals surface area contributed by atoms with E-state index in [2.05, 4.69) is 0 Å². The summed E-state index contributed by atoms with van der Waals surface area (Å²) in [6, 6.07) is 7.24. The molecule has 5 heteroatoms. The van der Waals surface area contributed by atoms with Gasteiger partial charge in [0.2, 0.25) is 10.0 Å². The van der Waals surface area contributed by atoms with Crippen molar-refractivity contribution < 1.29 is 8.42 Å². The van der Waals surface area contributed by atoms with Gasteiger partial charge in [-0.25, -0.2) is 8.42 Å². The van der Waals surface area contributed by atoms with E-state index < -0.39 is 10.0 Å². The van der Waals surface area contributed by atoms with Crippen LogP contribution in [0.4, 0.5) is 0 Å². The minimum atomic E-state index is -3.37. The zero-order chi connectivity index (χ0) is 13.9. The molecule has 1 aromatic carbocycles. The van der Waals surface area contributed by atoms with Crippen LogP contribution in [-0.4, -0.2) is 31.9 Å². The lowest BCUT2D eigenvalue weighted by Crippen LogP contribution is -2.45. The molecule has 0 unspecified atom stereocenters. The van der Waals surface area contributed by atoms with Crippen LogP contribution in [0.3, 0.4) is 0 Å². The molecule has 0 aliphatic heterocycles. The molecule has 0 atom stereocenters. The van der Waals surface area contributed by atoms with Crippen molar-refractivity contribution in [3.05, 3.63) is 29.8 Å². The van der Waals surface area contributed by atoms with Gasteiger partial charge in [0.25, 0.3) is 0 Å². The van der Waals surface area contributed by atoms with E-state index in [-0.39, 0.29) is 6.04 Å². The summed E-state index contributed by atoms with van der Waals surface area (Å²) in [7, 11) is -3.37. The van der Waals surface area contributed by atoms with Crippen LogP contribution >= 0.6 is 0 Å². The van der Waals surface area contributed by atoms with E-state index in [0.717, 1.165) is 24.8 Å². The van der Waals surface area contributed by atoms with Crippen molar-refractivity contribution in [3.63, 3.8) is 0 Å². The van der Waals surface area contributed by atoms with Gasteiger partial charge in [-0.3, -0.25) is 0 Å². The predicted molar refractivity (Wildman–Crippen MR) is 76.4 cm³/mol. The van der Waals surface area contributed by atoms with Crippen molar-refractivity contribution >= 4 is 10.0 Å². The molecule has 19 heavy (non-hydrogen) atoms. The molecular formula is C14H22N2O2S. The summed E-state index contributed by atoms with van der Waals surface area (Å²) in [5.41, 5.74) is 6.58. The van der Waals surface area contributed by atoms with Gasteiger partial charge in [0, 0.05) is 12.6 Å². The fraction of sp³-hybridized carbons (Fsp3) is 0.571. The van der Waals surface area contributed by atoms with Gasteiger partial charge in [0.05, 0.1) is 4.90 Å². The van der Waals surface area contributed by atoms with Crippen molar-refractivity contribution in [2.45, 2.75) is 43.5 Å². The Balaban J connectivity index is 2.24. The molecule has 0 bridgehead atoms. The zero-order valence-electron chi connectivity index (χ0n) is 11.4. The van der Waals surface area contributed by atoms with E-state index in [9.17, 15) is 8.42 Å². The predicted octanol–water partition coefficient (Wildman–Crippen LogP) is 1.89. The summed E-state index contributed by atoms with van der Waals surface area (Å²) >= 11 is 0. The molecule has 1 aliphatic rings. The number of rotatable bonds is 6. The molecule has 0 saturated heterocycles. The zero-order valence-corrected chi connectivity index (χ0v) is 12.2. The molecule has 0 amide bonds. The maximum Gasteiger partial charge on any atom is 0.243 e. The normalized spacial score (nSPS) is 16.6. The minimum absolute atomic E-state index is 0.165. The summed E-state index contributed by atoms with van der Waals surface area (Å²) < 4.78 is 27.0. The van der Waals surface area contributed by atoms with Crippen LogP contribution < -0.4 is 5.73 Å². The average Bonchev–Trinajstić information content (AvgIpc) is 2.32. The fourth-order valence-electron chi connectivity index (χ4n) is 2.27. The molecule has 4 nitrogen and oxygen atoms in total. The molecule has 0 radical (unpaired) electrons. The van der Waals surface area contributed by atoms with Gasteiger partial charge in [-0.1, -0.05) is 24.1 Å². The van der Waals surface area contributed by atoms with Crippen LogP contribution in [-0.2, 0) is 10.0 Å². The second kappa shape index (κ2) is 6.03. The highest BCUT2D eigenvalue weighted by molar-refractivity contribution is 7.89. The van der Waals surface area contributed by atoms with Crippen molar-refractivity contribution in [2.24, 2.45) is 5.73 Å². The topological polar surface area (TPSA) is 63.4 Å². The molecule has 0 heterocycles. The smallest absolute Gasteiger partial charge is 0.243 e. The van der Waals surface area contributed by atoms with E-state index >= 15 is 0 Å². The van der Waals surface area contributed by atoms with Crippen LogP contribution in [0.15, 0.2) is 29.2 Å². The van der Waals surface area contributed by atoms with E-state index in [1.807, 2.05) is 19.1 Å². The lowest BCUT2D eigenvalue weighted by molar-refractivity contribution is 0.218. The molecule has 1 saturated carbocycles. The Morgan fingerprint density at radius 3 is 2.37 bits per heavy atom. The lowest BCUT2D eigenvalue weighted by Gasteiger charge is -2.36. The SMILES string of the molecule is Cc1ccc(S(=O)(=O)N(CCCN)C2CCC2)cc1. The number of hydrogen-bond acceptors (Lipinski definition) is 3. The van der Waals surface area contributed by atoms with Gasteiger partial charge < -0.3 is 5.73 Å². The number of nitrogens with zero attached hydrogens (tertiary/aromatic N) is 1. The number of benzene rings is 1. The van der Waals surface area contributed by atoms with Gasteiger partial charge >= 0.3 is 0 Å². The molecule has 1 aliphatic carbocycles. The quantitative estimate of drug-likeness (QED) is 0.866. The highest BCUT2D eigenvalue weighted by Gasteiger charge is 2.34. The van der Waals surface area contributed by atoms with Crippen molar-refractivity contribution in [1.29, 1.82) is 0 Å². The lowest BCUT2D eigenvalue weighted by atomic mass is 9.93. The highest BCUT2D eigenvalue weighted by Crippen LogP contribution is 2.30. The number of nitrogens with two attached hydrogens (primary N) is 1. The second-order valence-electron chi connectivity index (χ2n) is 5.16. The van der Waals surface area contributed by atoms with E-state index in [0.29, 0.717) is 24.4 Å². The van der Waals surface area contributed by atoms with Crippen molar-refractivity contribution in [3.8, 4) is 0 Å². The molecule has 106 valence electrons. The third kappa shape index (κ3) is 3.16. The first kappa shape index (κ1) is 14.5. The van der Waals surface area contributed by atoms with Gasteiger partial charge in [-0.2, -0.15) is 4.31 Å². The first-order valence-electron chi connectivity index (χ1n) is 6.84. The van der Waals surface area contributed by atoms with E-state index in [1.165, 1.54) is 0 Å². The van der Waals surface area contributed by atoms with Crippen molar-refractivity contribution in [1.82, 2.24) is 4.31 Å². The first-order valence-corrected chi connectivity index (χ1v) is 8.28. The van der Waals surface area contributed by atoms with Gasteiger partial charge in [0.1, 0.15) is 0 Å². The fourth-order valence-corrected chi connectivity index (χ4v) is 3.99.